The smallest absolute Gasteiger partial charge is 0.412 e. The average molecular weight is 709 g/mol. The lowest BCUT2D eigenvalue weighted by Crippen LogP contribution is -2.64. The fraction of sp³-hybridized carbons (Fsp3) is 0.579. The number of carbonyl (C=O) groups excluding carboxylic acids is 1. The molecule has 0 bridgehead atoms. The van der Waals surface area contributed by atoms with Gasteiger partial charge in [-0.3, -0.25) is 9.97 Å². The summed E-state index contributed by atoms with van der Waals surface area (Å²) in [6.45, 7) is 9.23. The molecule has 2 heterocycles. The number of ether oxygens (including phenoxy) is 3. The fourth-order valence-electron chi connectivity index (χ4n) is 7.73. The summed E-state index contributed by atoms with van der Waals surface area (Å²) in [4.78, 5) is 27.0. The average Bonchev–Trinajstić information content (AvgIpc) is 3.12. The number of unbranched alkanes of at least 4 members (excludes halogenated alkanes) is 2. The number of hydrogen-bond acceptors (Lipinski definition) is 11. The second kappa shape index (κ2) is 18.7. The van der Waals surface area contributed by atoms with Crippen LogP contribution in [0.5, 0.6) is 11.5 Å². The number of amides is 1. The molecule has 1 saturated carbocycles. The molecule has 3 N–H and O–H groups in total. The summed E-state index contributed by atoms with van der Waals surface area (Å²) in [6.07, 6.45) is 15.0. The van der Waals surface area contributed by atoms with Crippen LogP contribution in [0.3, 0.4) is 0 Å². The van der Waals surface area contributed by atoms with Gasteiger partial charge in [0.2, 0.25) is 5.79 Å². The first kappa shape index (κ1) is 37.8. The van der Waals surface area contributed by atoms with Crippen molar-refractivity contribution in [2.24, 2.45) is 22.9 Å². The lowest BCUT2D eigenvalue weighted by Gasteiger charge is -2.58. The Kier molecular flexibility index (Phi) is 14.1. The van der Waals surface area contributed by atoms with Gasteiger partial charge in [-0.25, -0.2) is 4.79 Å². The molecule has 272 valence electrons. The number of thioether (sulfide) groups is 1. The minimum Gasteiger partial charge on any atom is -0.460 e. The molecule has 12 heteroatoms. The number of oxime groups is 1. The van der Waals surface area contributed by atoms with Crippen LogP contribution < -0.4 is 14.8 Å². The van der Waals surface area contributed by atoms with Crippen molar-refractivity contribution in [3.05, 3.63) is 72.4 Å². The van der Waals surface area contributed by atoms with Crippen LogP contribution in [0.4, 0.5) is 4.79 Å². The van der Waals surface area contributed by atoms with Crippen molar-refractivity contribution in [1.29, 1.82) is 0 Å². The molecule has 1 aromatic heterocycles. The molecule has 0 unspecified atom stereocenters. The zero-order chi connectivity index (χ0) is 35.3. The highest BCUT2D eigenvalue weighted by molar-refractivity contribution is 8.00. The Labute approximate surface area is 299 Å². The summed E-state index contributed by atoms with van der Waals surface area (Å²) >= 11 is 1.78. The minimum absolute atomic E-state index is 0.0885. The van der Waals surface area contributed by atoms with Gasteiger partial charge >= 0.3 is 6.09 Å². The number of allylic oxidation sites excluding steroid dienone is 1. The van der Waals surface area contributed by atoms with Gasteiger partial charge < -0.3 is 34.6 Å². The van der Waals surface area contributed by atoms with Crippen molar-refractivity contribution in [1.82, 2.24) is 15.3 Å². The number of carbonyl (C=O) groups is 1. The van der Waals surface area contributed by atoms with Crippen LogP contribution in [0, 0.1) is 17.8 Å². The minimum atomic E-state index is -1.07. The Morgan fingerprint density at radius 1 is 1.18 bits per heavy atom. The van der Waals surface area contributed by atoms with Gasteiger partial charge in [-0.05, 0) is 80.9 Å². The lowest BCUT2D eigenvalue weighted by molar-refractivity contribution is -0.223. The Balaban J connectivity index is 1.67. The van der Waals surface area contributed by atoms with Gasteiger partial charge in [0.05, 0.1) is 29.2 Å². The number of aliphatic hydroxyl groups excluding tert-OH is 2. The highest BCUT2D eigenvalue weighted by atomic mass is 32.2. The standard InChI is InChI=1S/C38H52N4O7S/c1-4-20-46-38-34(50-21-15-27-25-39-16-17-41-27)24-32(42-47-6-3)30-22-26(11-7-9-18-43)29(12-8-10-19-44)35(36(30)38)31-23-28(13-14-33(31)49-38)48-37(45)40-5-2/h4,13-14,16-17,22-23,25-26,29,34-36,43-44H,1,5-12,15,18-21,24H2,2-3H3,(H,40,45)/t26-,29+,34-,35+,36+,38+/m0/s1. The molecule has 2 aromatic rings. The molecule has 1 fully saturated rings. The largest absolute Gasteiger partial charge is 0.460 e. The van der Waals surface area contributed by atoms with Crippen LogP contribution in [0.15, 0.2) is 66.2 Å². The van der Waals surface area contributed by atoms with Gasteiger partial charge in [-0.15, -0.1) is 6.58 Å². The molecule has 3 aliphatic rings. The van der Waals surface area contributed by atoms with E-state index in [9.17, 15) is 15.0 Å². The van der Waals surface area contributed by atoms with Crippen molar-refractivity contribution >= 4 is 23.6 Å². The third-order valence-electron chi connectivity index (χ3n) is 9.75. The van der Waals surface area contributed by atoms with Crippen LogP contribution in [0.25, 0.3) is 0 Å². The molecular weight excluding hydrogens is 657 g/mol. The molecular formula is C38H52N4O7S. The van der Waals surface area contributed by atoms with Crippen molar-refractivity contribution in [3.8, 4) is 11.5 Å². The number of benzene rings is 1. The molecule has 6 atom stereocenters. The number of hydrogen-bond donors (Lipinski definition) is 3. The van der Waals surface area contributed by atoms with Crippen molar-refractivity contribution < 1.29 is 34.1 Å². The molecule has 50 heavy (non-hydrogen) atoms. The van der Waals surface area contributed by atoms with Gasteiger partial charge in [-0.2, -0.15) is 11.8 Å². The van der Waals surface area contributed by atoms with E-state index in [4.69, 9.17) is 24.2 Å². The third kappa shape index (κ3) is 8.70. The van der Waals surface area contributed by atoms with E-state index < -0.39 is 11.9 Å². The summed E-state index contributed by atoms with van der Waals surface area (Å²) in [6, 6.07) is 5.62. The molecule has 1 aromatic carbocycles. The van der Waals surface area contributed by atoms with E-state index in [1.54, 1.807) is 42.5 Å². The second-order valence-corrected chi connectivity index (χ2v) is 14.2. The monoisotopic (exact) mass is 708 g/mol. The van der Waals surface area contributed by atoms with E-state index in [0.717, 1.165) is 66.8 Å². The normalized spacial score (nSPS) is 25.9. The summed E-state index contributed by atoms with van der Waals surface area (Å²) in [5.41, 5.74) is 3.83. The number of rotatable bonds is 19. The van der Waals surface area contributed by atoms with Crippen LogP contribution in [0.1, 0.15) is 76.0 Å². The van der Waals surface area contributed by atoms with Gasteiger partial charge in [-0.1, -0.05) is 30.1 Å². The molecule has 5 rings (SSSR count). The SMILES string of the molecule is C=CCO[C@@]12Oc3ccc(OC(=O)NCC)cc3[C@H]3[C@H](CCCCO)[C@@H](CCCCO)C=C(C(=NOCC)C[C@@H]1SCCc1cnccn1)[C@H]32. The molecule has 0 radical (unpaired) electrons. The number of fused-ring (bicyclic) bond motifs is 2. The zero-order valence-electron chi connectivity index (χ0n) is 29.3. The van der Waals surface area contributed by atoms with Crippen molar-refractivity contribution in [2.45, 2.75) is 82.2 Å². The van der Waals surface area contributed by atoms with E-state index in [2.05, 4.69) is 27.9 Å². The number of nitrogens with one attached hydrogen (secondary N) is 1. The number of aromatic nitrogens is 2. The summed E-state index contributed by atoms with van der Waals surface area (Å²) in [5.74, 6) is 0.808. The van der Waals surface area contributed by atoms with Crippen molar-refractivity contribution in [2.75, 3.05) is 38.7 Å². The second-order valence-electron chi connectivity index (χ2n) is 12.9. The predicted molar refractivity (Wildman–Crippen MR) is 194 cm³/mol. The van der Waals surface area contributed by atoms with Gasteiger partial charge in [0.15, 0.2) is 0 Å². The number of aryl methyl sites for hydroxylation is 1. The summed E-state index contributed by atoms with van der Waals surface area (Å²) in [7, 11) is 0. The predicted octanol–water partition coefficient (Wildman–Crippen LogP) is 6.21. The van der Waals surface area contributed by atoms with E-state index in [1.165, 1.54) is 0 Å². The van der Waals surface area contributed by atoms with E-state index in [1.807, 2.05) is 26.0 Å². The van der Waals surface area contributed by atoms with E-state index in [0.29, 0.717) is 44.1 Å². The quantitative estimate of drug-likeness (QED) is 0.0875. The Hall–Kier alpha value is -3.45. The van der Waals surface area contributed by atoms with Gasteiger partial charge in [0.1, 0.15) is 18.1 Å². The van der Waals surface area contributed by atoms with Crippen molar-refractivity contribution in [3.63, 3.8) is 0 Å². The molecule has 2 aliphatic carbocycles. The maximum Gasteiger partial charge on any atom is 0.412 e. The van der Waals surface area contributed by atoms with Gasteiger partial charge in [0, 0.05) is 62.7 Å². The van der Waals surface area contributed by atoms with Crippen LogP contribution >= 0.6 is 11.8 Å². The summed E-state index contributed by atoms with van der Waals surface area (Å²) in [5, 5.41) is 26.8. The first-order valence-electron chi connectivity index (χ1n) is 18.0. The van der Waals surface area contributed by atoms with Crippen LogP contribution in [-0.4, -0.2) is 81.7 Å². The third-order valence-corrected chi connectivity index (χ3v) is 11.1. The van der Waals surface area contributed by atoms with Gasteiger partial charge in [0.25, 0.3) is 0 Å². The number of nitrogens with zero attached hydrogens (tertiary/aromatic N) is 3. The van der Waals surface area contributed by atoms with Crippen LogP contribution in [-0.2, 0) is 16.0 Å². The van der Waals surface area contributed by atoms with Crippen LogP contribution in [0.2, 0.25) is 0 Å². The molecule has 1 amide bonds. The Bertz CT molecular complexity index is 1470. The Morgan fingerprint density at radius 2 is 2.00 bits per heavy atom. The number of aliphatic hydroxyl groups is 2. The first-order valence-corrected chi connectivity index (χ1v) is 19.1. The molecule has 0 spiro atoms. The lowest BCUT2D eigenvalue weighted by atomic mass is 9.56. The maximum atomic E-state index is 12.5. The maximum absolute atomic E-state index is 12.5. The topological polar surface area (TPSA) is 145 Å². The first-order chi connectivity index (χ1) is 24.5. The Morgan fingerprint density at radius 3 is 2.72 bits per heavy atom. The fourth-order valence-corrected chi connectivity index (χ4v) is 9.12. The zero-order valence-corrected chi connectivity index (χ0v) is 30.1. The molecule has 11 nitrogen and oxygen atoms in total. The molecule has 1 aliphatic heterocycles. The highest BCUT2D eigenvalue weighted by Gasteiger charge is 2.64. The highest BCUT2D eigenvalue weighted by Crippen LogP contribution is 2.62. The summed E-state index contributed by atoms with van der Waals surface area (Å²) < 4.78 is 19.8. The van der Waals surface area contributed by atoms with E-state index >= 15 is 0 Å². The van der Waals surface area contributed by atoms with E-state index in [-0.39, 0.29) is 42.1 Å². The molecule has 0 saturated heterocycles.